The Morgan fingerprint density at radius 3 is 2.04 bits per heavy atom. The summed E-state index contributed by atoms with van der Waals surface area (Å²) in [6.07, 6.45) is 1.81. The van der Waals surface area contributed by atoms with Gasteiger partial charge in [0, 0.05) is 17.2 Å². The topological polar surface area (TPSA) is 25.1 Å². The van der Waals surface area contributed by atoms with Crippen molar-refractivity contribution in [3.63, 3.8) is 0 Å². The summed E-state index contributed by atoms with van der Waals surface area (Å²) in [5, 5.41) is 0. The summed E-state index contributed by atoms with van der Waals surface area (Å²) in [5.74, 6) is 1.79. The average molecular weight is 363 g/mol. The molecule has 0 N–H and O–H groups in total. The van der Waals surface area contributed by atoms with Crippen LogP contribution in [0.15, 0.2) is 103 Å². The SMILES string of the molecule is c1ccc(C2=[N+](c3ccccn3)COc3c2cccc3-c2ccccc2)cc1. The van der Waals surface area contributed by atoms with Gasteiger partial charge >= 0.3 is 5.82 Å². The minimum absolute atomic E-state index is 0.415. The van der Waals surface area contributed by atoms with E-state index in [1.54, 1.807) is 0 Å². The van der Waals surface area contributed by atoms with Gasteiger partial charge in [-0.15, -0.1) is 0 Å². The van der Waals surface area contributed by atoms with E-state index >= 15 is 0 Å². The molecule has 5 rings (SSSR count). The number of aromatic nitrogens is 1. The third-order valence-corrected chi connectivity index (χ3v) is 4.94. The third kappa shape index (κ3) is 2.87. The van der Waals surface area contributed by atoms with E-state index in [0.29, 0.717) is 6.73 Å². The van der Waals surface area contributed by atoms with Crippen LogP contribution in [0.1, 0.15) is 11.1 Å². The number of rotatable bonds is 3. The van der Waals surface area contributed by atoms with Gasteiger partial charge < -0.3 is 4.74 Å². The van der Waals surface area contributed by atoms with Gasteiger partial charge in [0.05, 0.1) is 5.56 Å². The minimum atomic E-state index is 0.415. The van der Waals surface area contributed by atoms with E-state index in [1.165, 1.54) is 0 Å². The molecular weight excluding hydrogens is 344 g/mol. The Hall–Kier alpha value is -3.72. The molecule has 0 spiro atoms. The standard InChI is InChI=1S/C25H19N2O/c1-3-10-19(11-4-1)21-14-9-15-22-24(20-12-5-2-6-13-20)27(18-28-25(21)22)23-16-7-8-17-26-23/h1-17H,18H2/q+1. The lowest BCUT2D eigenvalue weighted by Gasteiger charge is -2.23. The van der Waals surface area contributed by atoms with E-state index < -0.39 is 0 Å². The first kappa shape index (κ1) is 16.5. The molecule has 0 fully saturated rings. The van der Waals surface area contributed by atoms with Crippen molar-refractivity contribution in [1.82, 2.24) is 4.98 Å². The Morgan fingerprint density at radius 1 is 0.643 bits per heavy atom. The zero-order valence-corrected chi connectivity index (χ0v) is 15.3. The smallest absolute Gasteiger partial charge is 0.326 e. The lowest BCUT2D eigenvalue weighted by molar-refractivity contribution is -0.483. The molecule has 3 nitrogen and oxygen atoms in total. The van der Waals surface area contributed by atoms with Gasteiger partial charge in [0.2, 0.25) is 6.73 Å². The molecule has 0 saturated carbocycles. The van der Waals surface area contributed by atoms with Crippen molar-refractivity contribution in [1.29, 1.82) is 0 Å². The quantitative estimate of drug-likeness (QED) is 0.463. The lowest BCUT2D eigenvalue weighted by Crippen LogP contribution is -2.29. The second-order valence-corrected chi connectivity index (χ2v) is 6.65. The molecule has 0 unspecified atom stereocenters. The second-order valence-electron chi connectivity index (χ2n) is 6.65. The lowest BCUT2D eigenvalue weighted by atomic mass is 9.95. The van der Waals surface area contributed by atoms with Crippen molar-refractivity contribution in [3.8, 4) is 16.9 Å². The van der Waals surface area contributed by atoms with Crippen LogP contribution in [0.4, 0.5) is 5.82 Å². The normalized spacial score (nSPS) is 13.0. The van der Waals surface area contributed by atoms with E-state index in [9.17, 15) is 0 Å². The van der Waals surface area contributed by atoms with Crippen LogP contribution in [0.25, 0.3) is 11.1 Å². The highest BCUT2D eigenvalue weighted by Gasteiger charge is 2.29. The molecule has 3 heteroatoms. The van der Waals surface area contributed by atoms with E-state index in [4.69, 9.17) is 4.74 Å². The molecule has 134 valence electrons. The van der Waals surface area contributed by atoms with Crippen molar-refractivity contribution in [2.75, 3.05) is 6.73 Å². The molecule has 1 aliphatic heterocycles. The van der Waals surface area contributed by atoms with Crippen molar-refractivity contribution in [2.45, 2.75) is 0 Å². The number of benzene rings is 3. The van der Waals surface area contributed by atoms with Gasteiger partial charge in [0.25, 0.3) is 0 Å². The fraction of sp³-hybridized carbons (Fsp3) is 0.0400. The second kappa shape index (κ2) is 7.12. The molecule has 0 radical (unpaired) electrons. The van der Waals surface area contributed by atoms with Gasteiger partial charge in [0.15, 0.2) is 0 Å². The first-order valence-corrected chi connectivity index (χ1v) is 9.34. The van der Waals surface area contributed by atoms with Crippen molar-refractivity contribution in [2.24, 2.45) is 0 Å². The Balaban J connectivity index is 1.78. The number of fused-ring (bicyclic) bond motifs is 1. The van der Waals surface area contributed by atoms with Gasteiger partial charge in [-0.1, -0.05) is 78.9 Å². The fourth-order valence-electron chi connectivity index (χ4n) is 3.66. The van der Waals surface area contributed by atoms with Crippen LogP contribution in [0, 0.1) is 0 Å². The molecule has 1 aliphatic rings. The molecule has 0 aliphatic carbocycles. The van der Waals surface area contributed by atoms with Crippen molar-refractivity contribution >= 4 is 11.5 Å². The zero-order valence-electron chi connectivity index (χ0n) is 15.3. The predicted molar refractivity (Wildman–Crippen MR) is 111 cm³/mol. The summed E-state index contributed by atoms with van der Waals surface area (Å²) in [4.78, 5) is 4.56. The molecule has 2 heterocycles. The number of para-hydroxylation sites is 1. The summed E-state index contributed by atoms with van der Waals surface area (Å²) in [5.41, 5.74) is 5.58. The molecule has 0 atom stereocenters. The summed E-state index contributed by atoms with van der Waals surface area (Å²) in [6.45, 7) is 0.415. The van der Waals surface area contributed by atoms with Gasteiger partial charge in [-0.05, 0) is 22.7 Å². The predicted octanol–water partition coefficient (Wildman–Crippen LogP) is 5.28. The molecule has 1 aromatic heterocycles. The minimum Gasteiger partial charge on any atom is -0.453 e. The molecule has 3 aromatic carbocycles. The van der Waals surface area contributed by atoms with Crippen LogP contribution in [-0.4, -0.2) is 22.0 Å². The maximum absolute atomic E-state index is 6.29. The highest BCUT2D eigenvalue weighted by atomic mass is 16.5. The highest BCUT2D eigenvalue weighted by Crippen LogP contribution is 2.37. The number of nitrogens with zero attached hydrogens (tertiary/aromatic N) is 2. The Kier molecular flexibility index (Phi) is 4.19. The summed E-state index contributed by atoms with van der Waals surface area (Å²) in [7, 11) is 0. The summed E-state index contributed by atoms with van der Waals surface area (Å²) in [6, 6.07) is 33.1. The van der Waals surface area contributed by atoms with Crippen molar-refractivity contribution < 1.29 is 9.31 Å². The maximum atomic E-state index is 6.29. The number of hydrogen-bond donors (Lipinski definition) is 0. The molecular formula is C25H19N2O+. The van der Waals surface area contributed by atoms with Gasteiger partial charge in [-0.25, -0.2) is 0 Å². The number of hydrogen-bond acceptors (Lipinski definition) is 2. The van der Waals surface area contributed by atoms with Crippen LogP contribution >= 0.6 is 0 Å². The molecule has 0 amide bonds. The summed E-state index contributed by atoms with van der Waals surface area (Å²) < 4.78 is 8.42. The first-order chi connectivity index (χ1) is 13.9. The van der Waals surface area contributed by atoms with Crippen LogP contribution < -0.4 is 4.74 Å². The van der Waals surface area contributed by atoms with Crippen LogP contribution in [-0.2, 0) is 0 Å². The third-order valence-electron chi connectivity index (χ3n) is 4.94. The van der Waals surface area contributed by atoms with Crippen molar-refractivity contribution in [3.05, 3.63) is 114 Å². The summed E-state index contributed by atoms with van der Waals surface area (Å²) >= 11 is 0. The molecule has 0 bridgehead atoms. The average Bonchev–Trinajstić information content (AvgIpc) is 2.79. The van der Waals surface area contributed by atoms with Gasteiger partial charge in [-0.3, -0.25) is 0 Å². The Morgan fingerprint density at radius 2 is 1.32 bits per heavy atom. The van der Waals surface area contributed by atoms with E-state index in [-0.39, 0.29) is 0 Å². The number of pyridine rings is 1. The first-order valence-electron chi connectivity index (χ1n) is 9.34. The van der Waals surface area contributed by atoms with Crippen LogP contribution in [0.2, 0.25) is 0 Å². The van der Waals surface area contributed by atoms with E-state index in [0.717, 1.165) is 39.5 Å². The number of ether oxygens (including phenoxy) is 1. The monoisotopic (exact) mass is 363 g/mol. The highest BCUT2D eigenvalue weighted by molar-refractivity contribution is 6.13. The molecule has 28 heavy (non-hydrogen) atoms. The maximum Gasteiger partial charge on any atom is 0.326 e. The zero-order chi connectivity index (χ0) is 18.8. The molecule has 4 aromatic rings. The van der Waals surface area contributed by atoms with Crippen LogP contribution in [0.3, 0.4) is 0 Å². The molecule has 0 saturated heterocycles. The van der Waals surface area contributed by atoms with Crippen LogP contribution in [0.5, 0.6) is 5.75 Å². The van der Waals surface area contributed by atoms with E-state index in [2.05, 4.69) is 76.3 Å². The Labute approximate surface area is 164 Å². The van der Waals surface area contributed by atoms with Gasteiger partial charge in [0.1, 0.15) is 17.7 Å². The fourth-order valence-corrected chi connectivity index (χ4v) is 3.66. The van der Waals surface area contributed by atoms with Gasteiger partial charge in [-0.2, -0.15) is 4.58 Å². The largest absolute Gasteiger partial charge is 0.453 e. The van der Waals surface area contributed by atoms with E-state index in [1.807, 2.05) is 36.5 Å². The Bertz CT molecular complexity index is 1140.